The number of aromatic nitrogens is 3. The van der Waals surface area contributed by atoms with E-state index in [4.69, 9.17) is 0 Å². The highest BCUT2D eigenvalue weighted by atomic mass is 19.4. The quantitative estimate of drug-likeness (QED) is 0.690. The van der Waals surface area contributed by atoms with Crippen molar-refractivity contribution in [2.24, 2.45) is 0 Å². The molecule has 1 atom stereocenters. The van der Waals surface area contributed by atoms with Gasteiger partial charge >= 0.3 is 6.18 Å². The van der Waals surface area contributed by atoms with Gasteiger partial charge in [-0.3, -0.25) is 4.79 Å². The molecule has 0 bridgehead atoms. The van der Waals surface area contributed by atoms with E-state index in [1.165, 1.54) is 36.5 Å². The second-order valence-corrected chi connectivity index (χ2v) is 6.07. The molecule has 3 rings (SSSR count). The molecule has 0 unspecified atom stereocenters. The predicted octanol–water partition coefficient (Wildman–Crippen LogP) is 4.12. The third-order valence-electron chi connectivity index (χ3n) is 4.42. The molecule has 0 radical (unpaired) electrons. The first-order chi connectivity index (χ1) is 12.8. The first-order valence-electron chi connectivity index (χ1n) is 8.17. The molecule has 5 nitrogen and oxygen atoms in total. The summed E-state index contributed by atoms with van der Waals surface area (Å²) in [5.41, 5.74) is 0.285. The zero-order valence-corrected chi connectivity index (χ0v) is 14.7. The molecule has 3 aromatic rings. The highest BCUT2D eigenvalue weighted by Crippen LogP contribution is 2.33. The van der Waals surface area contributed by atoms with E-state index in [-0.39, 0.29) is 5.56 Å². The minimum Gasteiger partial charge on any atom is -0.335 e. The Labute approximate surface area is 154 Å². The fraction of sp³-hybridized carbons (Fsp3) is 0.211. The summed E-state index contributed by atoms with van der Waals surface area (Å²) in [6.07, 6.45) is -1.61. The molecule has 1 heterocycles. The van der Waals surface area contributed by atoms with Gasteiger partial charge in [-0.1, -0.05) is 24.3 Å². The molecular weight excluding hydrogens is 357 g/mol. The van der Waals surface area contributed by atoms with Crippen LogP contribution < -0.4 is 0 Å². The van der Waals surface area contributed by atoms with Crippen LogP contribution in [-0.4, -0.2) is 32.6 Å². The van der Waals surface area contributed by atoms with Gasteiger partial charge in [-0.25, -0.2) is 9.67 Å². The summed E-state index contributed by atoms with van der Waals surface area (Å²) in [7, 11) is 1.49. The Kier molecular flexibility index (Phi) is 4.98. The maximum absolute atomic E-state index is 13.2. The van der Waals surface area contributed by atoms with Gasteiger partial charge in [-0.2, -0.15) is 18.3 Å². The van der Waals surface area contributed by atoms with Gasteiger partial charge in [0.2, 0.25) is 0 Å². The number of amides is 1. The highest BCUT2D eigenvalue weighted by molar-refractivity contribution is 5.96. The van der Waals surface area contributed by atoms with E-state index in [0.29, 0.717) is 0 Å². The average Bonchev–Trinajstić information content (AvgIpc) is 3.20. The number of benzene rings is 2. The summed E-state index contributed by atoms with van der Waals surface area (Å²) < 4.78 is 41.2. The lowest BCUT2D eigenvalue weighted by Gasteiger charge is -2.26. The van der Waals surface area contributed by atoms with Crippen molar-refractivity contribution in [1.82, 2.24) is 19.7 Å². The largest absolute Gasteiger partial charge is 0.417 e. The molecule has 140 valence electrons. The molecule has 0 saturated heterocycles. The number of nitrogens with zero attached hydrogens (tertiary/aromatic N) is 4. The van der Waals surface area contributed by atoms with Crippen LogP contribution in [0.15, 0.2) is 61.2 Å². The van der Waals surface area contributed by atoms with Crippen LogP contribution in [0.2, 0.25) is 0 Å². The standard InChI is InChI=1S/C19H17F3N4O/c1-13(14-7-9-15(10-8-14)26-12-23-11-24-26)25(2)18(27)16-5-3-4-6-17(16)19(20,21)22/h3-13H,1-2H3/t13-/m0/s1. The van der Waals surface area contributed by atoms with Crippen LogP contribution >= 0.6 is 0 Å². The van der Waals surface area contributed by atoms with E-state index in [1.807, 2.05) is 12.1 Å². The van der Waals surface area contributed by atoms with Crippen molar-refractivity contribution in [1.29, 1.82) is 0 Å². The monoisotopic (exact) mass is 374 g/mol. The molecule has 8 heteroatoms. The molecule has 0 aliphatic carbocycles. The molecule has 0 N–H and O–H groups in total. The van der Waals surface area contributed by atoms with Crippen LogP contribution in [-0.2, 0) is 6.18 Å². The van der Waals surface area contributed by atoms with Gasteiger partial charge in [-0.05, 0) is 36.8 Å². The lowest BCUT2D eigenvalue weighted by molar-refractivity contribution is -0.138. The smallest absolute Gasteiger partial charge is 0.335 e. The van der Waals surface area contributed by atoms with Gasteiger partial charge in [0.25, 0.3) is 5.91 Å². The van der Waals surface area contributed by atoms with Crippen LogP contribution in [0.25, 0.3) is 5.69 Å². The summed E-state index contributed by atoms with van der Waals surface area (Å²) >= 11 is 0. The fourth-order valence-electron chi connectivity index (χ4n) is 2.75. The van der Waals surface area contributed by atoms with Gasteiger partial charge in [0.1, 0.15) is 12.7 Å². The van der Waals surface area contributed by atoms with Crippen LogP contribution in [0.5, 0.6) is 0 Å². The molecule has 0 aliphatic heterocycles. The zero-order valence-electron chi connectivity index (χ0n) is 14.7. The van der Waals surface area contributed by atoms with Crippen LogP contribution in [0.4, 0.5) is 13.2 Å². The molecule has 0 fully saturated rings. The van der Waals surface area contributed by atoms with Crippen molar-refractivity contribution in [3.05, 3.63) is 77.9 Å². The molecule has 0 aliphatic rings. The molecule has 0 spiro atoms. The maximum Gasteiger partial charge on any atom is 0.417 e. The minimum atomic E-state index is -4.59. The summed E-state index contributed by atoms with van der Waals surface area (Å²) in [6, 6.07) is 11.6. The van der Waals surface area contributed by atoms with Gasteiger partial charge in [0, 0.05) is 7.05 Å². The molecular formula is C19H17F3N4O. The average molecular weight is 374 g/mol. The SMILES string of the molecule is C[C@@H](c1ccc(-n2cncn2)cc1)N(C)C(=O)c1ccccc1C(F)(F)F. The number of rotatable bonds is 4. The molecule has 27 heavy (non-hydrogen) atoms. The van der Waals surface area contributed by atoms with Crippen molar-refractivity contribution in [3.63, 3.8) is 0 Å². The number of hydrogen-bond acceptors (Lipinski definition) is 3. The number of carbonyl (C=O) groups is 1. The third kappa shape index (κ3) is 3.84. The predicted molar refractivity (Wildman–Crippen MR) is 93.3 cm³/mol. The summed E-state index contributed by atoms with van der Waals surface area (Å²) in [6.45, 7) is 1.76. The van der Waals surface area contributed by atoms with Crippen molar-refractivity contribution >= 4 is 5.91 Å². The van der Waals surface area contributed by atoms with E-state index in [0.717, 1.165) is 17.3 Å². The van der Waals surface area contributed by atoms with E-state index in [9.17, 15) is 18.0 Å². The Morgan fingerprint density at radius 1 is 1.11 bits per heavy atom. The molecule has 1 amide bonds. The lowest BCUT2D eigenvalue weighted by Crippen LogP contribution is -2.31. The van der Waals surface area contributed by atoms with Gasteiger partial charge in [-0.15, -0.1) is 0 Å². The van der Waals surface area contributed by atoms with Crippen molar-refractivity contribution in [2.45, 2.75) is 19.1 Å². The number of hydrogen-bond donors (Lipinski definition) is 0. The Morgan fingerprint density at radius 3 is 2.37 bits per heavy atom. The van der Waals surface area contributed by atoms with Crippen LogP contribution in [0, 0.1) is 0 Å². The number of alkyl halides is 3. The Hall–Kier alpha value is -3.16. The number of carbonyl (C=O) groups excluding carboxylic acids is 1. The highest BCUT2D eigenvalue weighted by Gasteiger charge is 2.36. The first kappa shape index (κ1) is 18.6. The fourth-order valence-corrected chi connectivity index (χ4v) is 2.75. The van der Waals surface area contributed by atoms with Crippen LogP contribution in [0.1, 0.15) is 34.5 Å². The van der Waals surface area contributed by atoms with Crippen LogP contribution in [0.3, 0.4) is 0 Å². The van der Waals surface area contributed by atoms with Gasteiger partial charge < -0.3 is 4.90 Å². The summed E-state index contributed by atoms with van der Waals surface area (Å²) in [5, 5.41) is 4.03. The Morgan fingerprint density at radius 2 is 1.78 bits per heavy atom. The van der Waals surface area contributed by atoms with Crippen molar-refractivity contribution in [3.8, 4) is 5.69 Å². The van der Waals surface area contributed by atoms with Gasteiger partial charge in [0.05, 0.1) is 22.9 Å². The zero-order chi connectivity index (χ0) is 19.6. The van der Waals surface area contributed by atoms with Gasteiger partial charge in [0.15, 0.2) is 0 Å². The second kappa shape index (κ2) is 7.22. The van der Waals surface area contributed by atoms with E-state index in [2.05, 4.69) is 10.1 Å². The summed E-state index contributed by atoms with van der Waals surface area (Å²) in [5.74, 6) is -0.684. The molecule has 2 aromatic carbocycles. The Balaban J connectivity index is 1.83. The van der Waals surface area contributed by atoms with E-state index >= 15 is 0 Å². The van der Waals surface area contributed by atoms with Crippen molar-refractivity contribution < 1.29 is 18.0 Å². The maximum atomic E-state index is 13.2. The van der Waals surface area contributed by atoms with Crippen molar-refractivity contribution in [2.75, 3.05) is 7.05 Å². The van der Waals surface area contributed by atoms with E-state index in [1.54, 1.807) is 30.1 Å². The molecule has 0 saturated carbocycles. The minimum absolute atomic E-state index is 0.362. The number of halogens is 3. The topological polar surface area (TPSA) is 51.0 Å². The second-order valence-electron chi connectivity index (χ2n) is 6.07. The Bertz CT molecular complexity index is 921. The van der Waals surface area contributed by atoms with E-state index < -0.39 is 23.7 Å². The third-order valence-corrected chi connectivity index (χ3v) is 4.42. The normalized spacial score (nSPS) is 12.6. The summed E-state index contributed by atoms with van der Waals surface area (Å²) in [4.78, 5) is 17.9. The lowest BCUT2D eigenvalue weighted by atomic mass is 10.0. The first-order valence-corrected chi connectivity index (χ1v) is 8.17. The molecule has 1 aromatic heterocycles.